The van der Waals surface area contributed by atoms with Crippen LogP contribution in [0.2, 0.25) is 0 Å². The molecule has 3 aromatic rings. The Morgan fingerprint density at radius 3 is 1.56 bits per heavy atom. The van der Waals surface area contributed by atoms with Gasteiger partial charge in [0.25, 0.3) is 0 Å². The average Bonchev–Trinajstić information content (AvgIpc) is 3.45. The molecule has 0 radical (unpaired) electrons. The molecule has 0 fully saturated rings. The molecule has 1 unspecified atom stereocenters. The number of allylic oxidation sites excluding steroid dienone is 4. The first-order valence-electron chi connectivity index (χ1n) is 16.6. The normalized spacial score (nSPS) is 16.8. The summed E-state index contributed by atoms with van der Waals surface area (Å²) in [5.41, 5.74) is 14.2. The number of benzene rings is 3. The minimum atomic E-state index is -2.63. The van der Waals surface area contributed by atoms with Crippen LogP contribution >= 0.6 is 0 Å². The summed E-state index contributed by atoms with van der Waals surface area (Å²) >= 11 is -2.63. The Kier molecular flexibility index (Phi) is 11.7. The SMILES string of the molecule is CCC1=[C](/[Zr+2](=[C](\CC)c2ccccc2)[CH]2c3ccc(C(C)(C)C)cc3-c3cc(C(C)(C)C)ccc32)C(C)C=C1C(C)(C)C.[Cl-].[Cl-]. The molecule has 0 saturated carbocycles. The van der Waals surface area contributed by atoms with Gasteiger partial charge in [-0.15, -0.1) is 0 Å². The van der Waals surface area contributed by atoms with Crippen molar-refractivity contribution in [2.75, 3.05) is 0 Å². The summed E-state index contributed by atoms with van der Waals surface area (Å²) in [6.07, 6.45) is 4.89. The van der Waals surface area contributed by atoms with Gasteiger partial charge in [0.15, 0.2) is 0 Å². The van der Waals surface area contributed by atoms with E-state index in [9.17, 15) is 0 Å². The molecule has 0 nitrogen and oxygen atoms in total. The van der Waals surface area contributed by atoms with E-state index in [1.807, 2.05) is 3.28 Å². The van der Waals surface area contributed by atoms with Gasteiger partial charge in [-0.1, -0.05) is 0 Å². The third kappa shape index (κ3) is 7.17. The van der Waals surface area contributed by atoms with Crippen LogP contribution in [0.3, 0.4) is 0 Å². The Morgan fingerprint density at radius 1 is 0.667 bits per heavy atom. The van der Waals surface area contributed by atoms with Gasteiger partial charge in [0.05, 0.1) is 0 Å². The molecule has 45 heavy (non-hydrogen) atoms. The Balaban J connectivity index is 0.00000276. The van der Waals surface area contributed by atoms with E-state index >= 15 is 0 Å². The number of rotatable bonds is 5. The Hall–Kier alpha value is -1.53. The van der Waals surface area contributed by atoms with Crippen LogP contribution in [0, 0.1) is 11.3 Å². The maximum absolute atomic E-state index is 2.65. The van der Waals surface area contributed by atoms with E-state index in [4.69, 9.17) is 0 Å². The molecule has 0 heterocycles. The van der Waals surface area contributed by atoms with Gasteiger partial charge >= 0.3 is 272 Å². The molecule has 0 spiro atoms. The van der Waals surface area contributed by atoms with Crippen LogP contribution in [0.1, 0.15) is 127 Å². The van der Waals surface area contributed by atoms with Crippen LogP contribution in [-0.2, 0) is 32.1 Å². The second-order valence-electron chi connectivity index (χ2n) is 16.0. The van der Waals surface area contributed by atoms with E-state index in [-0.39, 0.29) is 41.1 Å². The number of hydrogen-bond acceptors (Lipinski definition) is 0. The van der Waals surface area contributed by atoms with Gasteiger partial charge < -0.3 is 24.8 Å². The predicted molar refractivity (Wildman–Crippen MR) is 186 cm³/mol. The molecule has 2 aliphatic rings. The molecule has 5 rings (SSSR count). The van der Waals surface area contributed by atoms with Crippen LogP contribution in [-0.4, -0.2) is 3.21 Å². The monoisotopic (exact) mass is 718 g/mol. The first-order chi connectivity index (χ1) is 20.1. The molecule has 1 atom stereocenters. The fourth-order valence-electron chi connectivity index (χ4n) is 7.52. The minimum Gasteiger partial charge on any atom is -1.00 e. The molecule has 0 aromatic heterocycles. The van der Waals surface area contributed by atoms with Crippen LogP contribution in [0.15, 0.2) is 87.2 Å². The van der Waals surface area contributed by atoms with E-state index < -0.39 is 21.3 Å². The second kappa shape index (κ2) is 13.9. The van der Waals surface area contributed by atoms with Gasteiger partial charge in [0, 0.05) is 0 Å². The van der Waals surface area contributed by atoms with Crippen molar-refractivity contribution in [2.45, 2.75) is 110 Å². The first kappa shape index (κ1) is 37.9. The predicted octanol–water partition coefficient (Wildman–Crippen LogP) is 5.89. The molecular formula is C42H54Cl2Zr. The molecular weight excluding hydrogens is 667 g/mol. The van der Waals surface area contributed by atoms with Crippen molar-refractivity contribution in [1.82, 2.24) is 0 Å². The summed E-state index contributed by atoms with van der Waals surface area (Å²) in [4.78, 5) is 0. The van der Waals surface area contributed by atoms with Crippen molar-refractivity contribution in [1.29, 1.82) is 0 Å². The zero-order chi connectivity index (χ0) is 31.5. The smallest absolute Gasteiger partial charge is 1.00 e. The summed E-state index contributed by atoms with van der Waals surface area (Å²) in [5, 5.41) is 0. The van der Waals surface area contributed by atoms with Gasteiger partial charge in [0.2, 0.25) is 0 Å². The zero-order valence-electron chi connectivity index (χ0n) is 29.8. The molecule has 0 amide bonds. The van der Waals surface area contributed by atoms with Gasteiger partial charge in [-0.3, -0.25) is 0 Å². The summed E-state index contributed by atoms with van der Waals surface area (Å²) in [6.45, 7) is 28.7. The van der Waals surface area contributed by atoms with Gasteiger partial charge in [-0.05, 0) is 0 Å². The van der Waals surface area contributed by atoms with E-state index in [2.05, 4.69) is 156 Å². The average molecular weight is 721 g/mol. The second-order valence-corrected chi connectivity index (χ2v) is 22.3. The van der Waals surface area contributed by atoms with Crippen LogP contribution in [0.4, 0.5) is 0 Å². The van der Waals surface area contributed by atoms with Crippen molar-refractivity contribution in [3.8, 4) is 11.1 Å². The first-order valence-corrected chi connectivity index (χ1v) is 20.5. The maximum atomic E-state index is 2.65. The Bertz CT molecular complexity index is 1570. The van der Waals surface area contributed by atoms with E-state index in [1.54, 1.807) is 25.5 Å². The summed E-state index contributed by atoms with van der Waals surface area (Å²) in [7, 11) is 0. The maximum Gasteiger partial charge on any atom is -1.00 e. The number of fused-ring (bicyclic) bond motifs is 3. The van der Waals surface area contributed by atoms with Crippen molar-refractivity contribution in [3.63, 3.8) is 0 Å². The molecule has 2 aliphatic carbocycles. The molecule has 3 heteroatoms. The molecule has 3 aromatic carbocycles. The van der Waals surface area contributed by atoms with Crippen molar-refractivity contribution >= 4 is 3.21 Å². The van der Waals surface area contributed by atoms with Gasteiger partial charge in [-0.25, -0.2) is 0 Å². The molecule has 0 bridgehead atoms. The minimum absolute atomic E-state index is 0. The van der Waals surface area contributed by atoms with Crippen molar-refractivity contribution in [3.05, 3.63) is 115 Å². The Morgan fingerprint density at radius 2 is 1.16 bits per heavy atom. The van der Waals surface area contributed by atoms with E-state index in [1.165, 1.54) is 27.8 Å². The number of halogens is 2. The fraction of sp³-hybridized carbons (Fsp3) is 0.452. The largest absolute Gasteiger partial charge is 1.00 e. The standard InChI is InChI=1S/C21H25.C12H19.C9H10.2ClH.Zr/c1-20(2,3)16-9-7-14-11-15-8-10-17(21(4,5)6)13-19(15)18(14)12-16;1-6-10-7-9(2)8-11(10)12(3,4)5;1-2-6-9-7-4-3-5-8-9;;;/h7-13H,1-6H3;8-9H,6H2,1-5H3;3-5,7-8H,2H2,1H3;2*1H;/q;;;;;+2/p-2. The van der Waals surface area contributed by atoms with Crippen LogP contribution in [0.5, 0.6) is 0 Å². The topological polar surface area (TPSA) is 0 Å². The summed E-state index contributed by atoms with van der Waals surface area (Å²) in [5.74, 6) is 0.499. The third-order valence-corrected chi connectivity index (χ3v) is 19.2. The number of hydrogen-bond donors (Lipinski definition) is 0. The van der Waals surface area contributed by atoms with Gasteiger partial charge in [0.1, 0.15) is 0 Å². The van der Waals surface area contributed by atoms with Crippen molar-refractivity contribution in [2.24, 2.45) is 11.3 Å². The quantitative estimate of drug-likeness (QED) is 0.309. The Labute approximate surface area is 295 Å². The van der Waals surface area contributed by atoms with Crippen LogP contribution in [0.25, 0.3) is 11.1 Å². The van der Waals surface area contributed by atoms with E-state index in [0.29, 0.717) is 9.54 Å². The third-order valence-electron chi connectivity index (χ3n) is 9.81. The molecule has 0 saturated heterocycles. The molecule has 0 N–H and O–H groups in total. The van der Waals surface area contributed by atoms with Crippen LogP contribution < -0.4 is 24.8 Å². The van der Waals surface area contributed by atoms with E-state index in [0.717, 1.165) is 12.8 Å². The molecule has 240 valence electrons. The summed E-state index contributed by atoms with van der Waals surface area (Å²) in [6, 6.07) is 26.6. The summed E-state index contributed by atoms with van der Waals surface area (Å²) < 4.78 is 4.10. The fourth-order valence-corrected chi connectivity index (χ4v) is 17.8. The van der Waals surface area contributed by atoms with Crippen molar-refractivity contribution < 1.29 is 46.1 Å². The zero-order valence-corrected chi connectivity index (χ0v) is 33.7. The van der Waals surface area contributed by atoms with Gasteiger partial charge in [-0.2, -0.15) is 0 Å². The molecule has 0 aliphatic heterocycles.